The normalized spacial score (nSPS) is 21.4. The Morgan fingerprint density at radius 1 is 1.20 bits per heavy atom. The Kier molecular flexibility index (Phi) is 3.74. The molecule has 1 N–H and O–H groups in total. The molecule has 1 aromatic carbocycles. The number of aliphatic hydroxyl groups excluding tert-OH is 1. The molecule has 2 aliphatic rings. The molecule has 3 heteroatoms. The zero-order valence-electron chi connectivity index (χ0n) is 12.6. The summed E-state index contributed by atoms with van der Waals surface area (Å²) in [6.07, 6.45) is 4.31. The molecule has 20 heavy (non-hydrogen) atoms. The van der Waals surface area contributed by atoms with E-state index in [1.54, 1.807) is 0 Å². The number of fused-ring (bicyclic) bond motifs is 1. The third-order valence-corrected chi connectivity index (χ3v) is 4.87. The van der Waals surface area contributed by atoms with Gasteiger partial charge in [-0.25, -0.2) is 0 Å². The van der Waals surface area contributed by atoms with Crippen LogP contribution in [-0.2, 0) is 6.42 Å². The monoisotopic (exact) mass is 275 g/mol. The number of hydrogen-bond acceptors (Lipinski definition) is 3. The fraction of sp³-hybridized carbons (Fsp3) is 0.647. The van der Waals surface area contributed by atoms with Gasteiger partial charge in [-0.3, -0.25) is 4.90 Å². The van der Waals surface area contributed by atoms with E-state index in [9.17, 15) is 5.11 Å². The third-order valence-electron chi connectivity index (χ3n) is 4.87. The molecule has 3 rings (SSSR count). The van der Waals surface area contributed by atoms with Gasteiger partial charge in [-0.1, -0.05) is 12.5 Å². The first-order chi connectivity index (χ1) is 9.59. The van der Waals surface area contributed by atoms with E-state index in [2.05, 4.69) is 24.8 Å². The molecule has 1 saturated heterocycles. The lowest BCUT2D eigenvalue weighted by molar-refractivity contribution is -0.0209. The zero-order valence-corrected chi connectivity index (χ0v) is 12.6. The fourth-order valence-corrected chi connectivity index (χ4v) is 3.43. The predicted octanol–water partition coefficient (Wildman–Crippen LogP) is 2.92. The Hall–Kier alpha value is -1.06. The molecule has 2 heterocycles. The van der Waals surface area contributed by atoms with Gasteiger partial charge in [0.15, 0.2) is 0 Å². The van der Waals surface area contributed by atoms with Crippen molar-refractivity contribution in [1.82, 2.24) is 4.90 Å². The third kappa shape index (κ3) is 2.45. The van der Waals surface area contributed by atoms with Crippen molar-refractivity contribution in [2.24, 2.45) is 0 Å². The van der Waals surface area contributed by atoms with Crippen molar-refractivity contribution in [3.63, 3.8) is 0 Å². The van der Waals surface area contributed by atoms with Crippen molar-refractivity contribution in [2.45, 2.75) is 51.2 Å². The first-order valence-corrected chi connectivity index (χ1v) is 7.78. The molecule has 2 aliphatic heterocycles. The van der Waals surface area contributed by atoms with E-state index in [1.807, 2.05) is 12.1 Å². The molecule has 1 fully saturated rings. The lowest BCUT2D eigenvalue weighted by Crippen LogP contribution is -2.50. The summed E-state index contributed by atoms with van der Waals surface area (Å²) in [6, 6.07) is 6.15. The number of nitrogens with zero attached hydrogens (tertiary/aromatic N) is 1. The van der Waals surface area contributed by atoms with E-state index in [4.69, 9.17) is 4.74 Å². The minimum absolute atomic E-state index is 0.214. The van der Waals surface area contributed by atoms with Crippen molar-refractivity contribution in [3.8, 4) is 5.75 Å². The quantitative estimate of drug-likeness (QED) is 0.920. The molecule has 0 spiro atoms. The lowest BCUT2D eigenvalue weighted by Gasteiger charge is -2.44. The first kappa shape index (κ1) is 13.9. The maximum absolute atomic E-state index is 10.8. The Balaban J connectivity index is 1.81. The molecule has 1 aromatic rings. The van der Waals surface area contributed by atoms with Crippen LogP contribution in [0.2, 0.25) is 0 Å². The van der Waals surface area contributed by atoms with Gasteiger partial charge < -0.3 is 9.84 Å². The highest BCUT2D eigenvalue weighted by Crippen LogP contribution is 2.35. The number of rotatable bonds is 3. The Morgan fingerprint density at radius 2 is 1.95 bits per heavy atom. The van der Waals surface area contributed by atoms with Gasteiger partial charge in [0.1, 0.15) is 5.75 Å². The van der Waals surface area contributed by atoms with Crippen LogP contribution < -0.4 is 4.74 Å². The summed E-state index contributed by atoms with van der Waals surface area (Å²) in [7, 11) is 0. The highest BCUT2D eigenvalue weighted by molar-refractivity contribution is 5.41. The van der Waals surface area contributed by atoms with Crippen LogP contribution in [0, 0.1) is 0 Å². The van der Waals surface area contributed by atoms with Gasteiger partial charge in [-0.15, -0.1) is 0 Å². The van der Waals surface area contributed by atoms with Crippen LogP contribution in [0.1, 0.15) is 50.3 Å². The maximum atomic E-state index is 10.8. The minimum atomic E-state index is -0.452. The Labute approximate surface area is 121 Å². The standard InChI is InChI=1S/C17H25NO2/c1-17(2,18-9-4-3-5-10-18)16(19)14-6-7-15-13(12-14)8-11-20-15/h6-7,12,16,19H,3-5,8-11H2,1-2H3. The highest BCUT2D eigenvalue weighted by Gasteiger charge is 2.36. The maximum Gasteiger partial charge on any atom is 0.122 e. The molecule has 0 amide bonds. The Bertz CT molecular complexity index is 478. The van der Waals surface area contributed by atoms with E-state index in [-0.39, 0.29) is 5.54 Å². The number of likely N-dealkylation sites (tertiary alicyclic amines) is 1. The summed E-state index contributed by atoms with van der Waals surface area (Å²) in [5, 5.41) is 10.8. The number of hydrogen-bond donors (Lipinski definition) is 1. The van der Waals surface area contributed by atoms with E-state index in [0.717, 1.165) is 37.4 Å². The fourth-order valence-electron chi connectivity index (χ4n) is 3.43. The topological polar surface area (TPSA) is 32.7 Å². The second kappa shape index (κ2) is 5.38. The lowest BCUT2D eigenvalue weighted by atomic mass is 9.87. The van der Waals surface area contributed by atoms with Gasteiger partial charge in [0.25, 0.3) is 0 Å². The van der Waals surface area contributed by atoms with Crippen molar-refractivity contribution >= 4 is 0 Å². The molecule has 1 atom stereocenters. The summed E-state index contributed by atoms with van der Waals surface area (Å²) in [6.45, 7) is 7.28. The largest absolute Gasteiger partial charge is 0.493 e. The molecular formula is C17H25NO2. The average Bonchev–Trinajstić information content (AvgIpc) is 2.94. The first-order valence-electron chi connectivity index (χ1n) is 7.78. The summed E-state index contributed by atoms with van der Waals surface area (Å²) in [5.74, 6) is 0.983. The molecule has 1 unspecified atom stereocenters. The molecule has 0 aliphatic carbocycles. The molecular weight excluding hydrogens is 250 g/mol. The molecule has 110 valence electrons. The van der Waals surface area contributed by atoms with Gasteiger partial charge >= 0.3 is 0 Å². The van der Waals surface area contributed by atoms with Gasteiger partial charge in [-0.05, 0) is 63.0 Å². The van der Waals surface area contributed by atoms with Gasteiger partial charge in [0.2, 0.25) is 0 Å². The van der Waals surface area contributed by atoms with E-state index in [0.29, 0.717) is 0 Å². The second-order valence-corrected chi connectivity index (χ2v) is 6.57. The molecule has 0 radical (unpaired) electrons. The van der Waals surface area contributed by atoms with Gasteiger partial charge in [-0.2, -0.15) is 0 Å². The number of ether oxygens (including phenoxy) is 1. The van der Waals surface area contributed by atoms with E-state index >= 15 is 0 Å². The van der Waals surface area contributed by atoms with Crippen LogP contribution in [0.4, 0.5) is 0 Å². The average molecular weight is 275 g/mol. The van der Waals surface area contributed by atoms with Crippen LogP contribution in [-0.4, -0.2) is 35.2 Å². The van der Waals surface area contributed by atoms with E-state index < -0.39 is 6.10 Å². The second-order valence-electron chi connectivity index (χ2n) is 6.57. The number of piperidine rings is 1. The number of benzene rings is 1. The molecule has 0 aromatic heterocycles. The van der Waals surface area contributed by atoms with Crippen LogP contribution in [0.5, 0.6) is 5.75 Å². The van der Waals surface area contributed by atoms with Gasteiger partial charge in [0.05, 0.1) is 12.7 Å². The van der Waals surface area contributed by atoms with Crippen LogP contribution >= 0.6 is 0 Å². The summed E-state index contributed by atoms with van der Waals surface area (Å²) >= 11 is 0. The minimum Gasteiger partial charge on any atom is -0.493 e. The summed E-state index contributed by atoms with van der Waals surface area (Å²) < 4.78 is 5.54. The van der Waals surface area contributed by atoms with Crippen LogP contribution in [0.15, 0.2) is 18.2 Å². The summed E-state index contributed by atoms with van der Waals surface area (Å²) in [5.41, 5.74) is 2.04. The molecule has 0 bridgehead atoms. The van der Waals surface area contributed by atoms with Gasteiger partial charge in [0, 0.05) is 12.0 Å². The smallest absolute Gasteiger partial charge is 0.122 e. The molecule has 3 nitrogen and oxygen atoms in total. The Morgan fingerprint density at radius 3 is 2.70 bits per heavy atom. The van der Waals surface area contributed by atoms with Crippen LogP contribution in [0.25, 0.3) is 0 Å². The SMILES string of the molecule is CC(C)(C(O)c1ccc2c(c1)CCO2)N1CCCCC1. The zero-order chi connectivity index (χ0) is 14.2. The van der Waals surface area contributed by atoms with Crippen molar-refractivity contribution in [3.05, 3.63) is 29.3 Å². The van der Waals surface area contributed by atoms with Crippen LogP contribution in [0.3, 0.4) is 0 Å². The van der Waals surface area contributed by atoms with Crippen molar-refractivity contribution < 1.29 is 9.84 Å². The van der Waals surface area contributed by atoms with Crippen molar-refractivity contribution in [1.29, 1.82) is 0 Å². The summed E-state index contributed by atoms with van der Waals surface area (Å²) in [4.78, 5) is 2.44. The molecule has 0 saturated carbocycles. The van der Waals surface area contributed by atoms with E-state index in [1.165, 1.54) is 24.8 Å². The predicted molar refractivity (Wildman–Crippen MR) is 80.1 cm³/mol. The number of aliphatic hydroxyl groups is 1. The highest BCUT2D eigenvalue weighted by atomic mass is 16.5. The van der Waals surface area contributed by atoms with Crippen molar-refractivity contribution in [2.75, 3.05) is 19.7 Å².